The van der Waals surface area contributed by atoms with Gasteiger partial charge >= 0.3 is 0 Å². The van der Waals surface area contributed by atoms with Crippen molar-refractivity contribution in [1.82, 2.24) is 9.55 Å². The van der Waals surface area contributed by atoms with Crippen LogP contribution in [0.2, 0.25) is 10.3 Å². The Balaban J connectivity index is 2.20. The van der Waals surface area contributed by atoms with Crippen molar-refractivity contribution in [3.05, 3.63) is 40.9 Å². The SMILES string of the molecule is N#CC(C#N)=NNc1ccc(-n2cnc(Cl)c2Cl)cc1. The number of rotatable bonds is 3. The first-order valence-corrected chi connectivity index (χ1v) is 6.04. The van der Waals surface area contributed by atoms with E-state index in [1.807, 2.05) is 0 Å². The molecule has 0 fully saturated rings. The van der Waals surface area contributed by atoms with Gasteiger partial charge < -0.3 is 0 Å². The first-order valence-electron chi connectivity index (χ1n) is 5.28. The van der Waals surface area contributed by atoms with Gasteiger partial charge in [-0.3, -0.25) is 9.99 Å². The van der Waals surface area contributed by atoms with Gasteiger partial charge in [0.05, 0.1) is 5.69 Å². The van der Waals surface area contributed by atoms with Crippen LogP contribution in [0.25, 0.3) is 5.69 Å². The largest absolute Gasteiger partial charge is 0.288 e. The van der Waals surface area contributed by atoms with Crippen LogP contribution in [-0.2, 0) is 0 Å². The second-order valence-corrected chi connectivity index (χ2v) is 4.25. The zero-order valence-electron chi connectivity index (χ0n) is 9.88. The number of hydrogen-bond donors (Lipinski definition) is 1. The molecule has 20 heavy (non-hydrogen) atoms. The minimum Gasteiger partial charge on any atom is -0.288 e. The summed E-state index contributed by atoms with van der Waals surface area (Å²) >= 11 is 11.8. The number of hydrazone groups is 1. The van der Waals surface area contributed by atoms with E-state index in [2.05, 4.69) is 15.5 Å². The molecule has 1 N–H and O–H groups in total. The molecule has 0 bridgehead atoms. The Bertz CT molecular complexity index is 717. The molecule has 1 heterocycles. The molecule has 0 spiro atoms. The molecule has 2 aromatic rings. The third-order valence-corrected chi connectivity index (χ3v) is 3.06. The van der Waals surface area contributed by atoms with Crippen LogP contribution in [0.3, 0.4) is 0 Å². The first kappa shape index (κ1) is 13.9. The predicted molar refractivity (Wildman–Crippen MR) is 75.9 cm³/mol. The fourth-order valence-electron chi connectivity index (χ4n) is 1.38. The maximum Gasteiger partial charge on any atom is 0.237 e. The van der Waals surface area contributed by atoms with Crippen LogP contribution >= 0.6 is 23.2 Å². The highest BCUT2D eigenvalue weighted by molar-refractivity contribution is 6.40. The zero-order chi connectivity index (χ0) is 14.5. The lowest BCUT2D eigenvalue weighted by Crippen LogP contribution is -1.97. The van der Waals surface area contributed by atoms with E-state index in [1.54, 1.807) is 41.0 Å². The van der Waals surface area contributed by atoms with E-state index in [9.17, 15) is 0 Å². The Morgan fingerprint density at radius 3 is 2.35 bits per heavy atom. The molecule has 0 amide bonds. The number of nitrogens with one attached hydrogen (secondary N) is 1. The normalized spacial score (nSPS) is 9.40. The van der Waals surface area contributed by atoms with Crippen molar-refractivity contribution in [1.29, 1.82) is 10.5 Å². The van der Waals surface area contributed by atoms with E-state index < -0.39 is 0 Å². The Morgan fingerprint density at radius 2 is 1.85 bits per heavy atom. The van der Waals surface area contributed by atoms with Crippen molar-refractivity contribution in [2.45, 2.75) is 0 Å². The number of benzene rings is 1. The summed E-state index contributed by atoms with van der Waals surface area (Å²) in [4.78, 5) is 3.88. The summed E-state index contributed by atoms with van der Waals surface area (Å²) in [5.41, 5.74) is 3.75. The van der Waals surface area contributed by atoms with Gasteiger partial charge in [-0.2, -0.15) is 15.6 Å². The second-order valence-electron chi connectivity index (χ2n) is 3.54. The van der Waals surface area contributed by atoms with Gasteiger partial charge in [0.15, 0.2) is 10.3 Å². The van der Waals surface area contributed by atoms with E-state index in [1.165, 1.54) is 6.33 Å². The van der Waals surface area contributed by atoms with Gasteiger partial charge in [0.1, 0.15) is 18.5 Å². The topological polar surface area (TPSA) is 89.8 Å². The molecule has 1 aromatic carbocycles. The molecular formula is C12H6Cl2N6. The van der Waals surface area contributed by atoms with Gasteiger partial charge in [-0.25, -0.2) is 4.98 Å². The van der Waals surface area contributed by atoms with Crippen LogP contribution in [0.5, 0.6) is 0 Å². The Hall–Kier alpha value is -2.54. The van der Waals surface area contributed by atoms with E-state index in [0.29, 0.717) is 10.8 Å². The highest BCUT2D eigenvalue weighted by Gasteiger charge is 2.07. The monoisotopic (exact) mass is 304 g/mol. The average molecular weight is 305 g/mol. The average Bonchev–Trinajstić information content (AvgIpc) is 2.81. The van der Waals surface area contributed by atoms with Crippen LogP contribution in [0.4, 0.5) is 5.69 Å². The van der Waals surface area contributed by atoms with Crippen molar-refractivity contribution in [2.24, 2.45) is 5.10 Å². The van der Waals surface area contributed by atoms with Gasteiger partial charge in [0.25, 0.3) is 0 Å². The Morgan fingerprint density at radius 1 is 1.20 bits per heavy atom. The minimum atomic E-state index is -0.251. The van der Waals surface area contributed by atoms with Gasteiger partial charge in [0.2, 0.25) is 5.71 Å². The molecular weight excluding hydrogens is 299 g/mol. The summed E-state index contributed by atoms with van der Waals surface area (Å²) in [6.45, 7) is 0. The van der Waals surface area contributed by atoms with Crippen LogP contribution in [0.15, 0.2) is 35.7 Å². The number of aromatic nitrogens is 2. The van der Waals surface area contributed by atoms with E-state index in [4.69, 9.17) is 33.7 Å². The fraction of sp³-hybridized carbons (Fsp3) is 0. The molecule has 8 heteroatoms. The highest BCUT2D eigenvalue weighted by atomic mass is 35.5. The van der Waals surface area contributed by atoms with Crippen LogP contribution in [0.1, 0.15) is 0 Å². The third-order valence-electron chi connectivity index (χ3n) is 2.32. The fourth-order valence-corrected chi connectivity index (χ4v) is 1.71. The molecule has 2 rings (SSSR count). The minimum absolute atomic E-state index is 0.228. The standard InChI is InChI=1S/C12H6Cl2N6/c13-11-12(14)20(7-17-11)10-3-1-8(2-4-10)18-19-9(5-15)6-16/h1-4,7,18H. The molecule has 0 atom stereocenters. The number of hydrogen-bond acceptors (Lipinski definition) is 5. The van der Waals surface area contributed by atoms with E-state index in [0.717, 1.165) is 5.69 Å². The summed E-state index contributed by atoms with van der Waals surface area (Å²) in [7, 11) is 0. The molecule has 0 aliphatic carbocycles. The lowest BCUT2D eigenvalue weighted by molar-refractivity contribution is 1.06. The molecule has 0 aliphatic heterocycles. The van der Waals surface area contributed by atoms with Crippen LogP contribution in [0, 0.1) is 22.7 Å². The molecule has 1 aromatic heterocycles. The summed E-state index contributed by atoms with van der Waals surface area (Å²) in [5, 5.41) is 21.3. The number of halogens is 2. The van der Waals surface area contributed by atoms with Crippen molar-refractivity contribution in [2.75, 3.05) is 5.43 Å². The van der Waals surface area contributed by atoms with Crippen molar-refractivity contribution in [3.8, 4) is 17.8 Å². The molecule has 0 radical (unpaired) electrons. The smallest absolute Gasteiger partial charge is 0.237 e. The van der Waals surface area contributed by atoms with Crippen LogP contribution < -0.4 is 5.43 Å². The maximum atomic E-state index is 8.55. The van der Waals surface area contributed by atoms with Crippen molar-refractivity contribution < 1.29 is 0 Å². The Kier molecular flexibility index (Phi) is 4.21. The van der Waals surface area contributed by atoms with Crippen molar-refractivity contribution >= 4 is 34.6 Å². The molecule has 0 unspecified atom stereocenters. The molecule has 0 saturated heterocycles. The van der Waals surface area contributed by atoms with Gasteiger partial charge in [-0.05, 0) is 24.3 Å². The summed E-state index contributed by atoms with van der Waals surface area (Å²) in [6, 6.07) is 10.3. The van der Waals surface area contributed by atoms with Gasteiger partial charge in [0, 0.05) is 5.69 Å². The quantitative estimate of drug-likeness (QED) is 0.697. The first-order chi connectivity index (χ1) is 9.65. The summed E-state index contributed by atoms with van der Waals surface area (Å²) in [6.07, 6.45) is 1.51. The lowest BCUT2D eigenvalue weighted by Gasteiger charge is -2.05. The van der Waals surface area contributed by atoms with Gasteiger partial charge in [-0.15, -0.1) is 0 Å². The third kappa shape index (κ3) is 2.89. The van der Waals surface area contributed by atoms with Crippen LogP contribution in [-0.4, -0.2) is 15.3 Å². The van der Waals surface area contributed by atoms with Crippen molar-refractivity contribution in [3.63, 3.8) is 0 Å². The maximum absolute atomic E-state index is 8.55. The summed E-state index contributed by atoms with van der Waals surface area (Å²) in [5.74, 6) is 0. The molecule has 0 saturated carbocycles. The van der Waals surface area contributed by atoms with Gasteiger partial charge in [-0.1, -0.05) is 23.2 Å². The number of imidazole rings is 1. The molecule has 6 nitrogen and oxygen atoms in total. The van der Waals surface area contributed by atoms with E-state index >= 15 is 0 Å². The lowest BCUT2D eigenvalue weighted by atomic mass is 10.3. The number of anilines is 1. The molecule has 0 aliphatic rings. The molecule has 98 valence electrons. The van der Waals surface area contributed by atoms with E-state index in [-0.39, 0.29) is 10.9 Å². The summed E-state index contributed by atoms with van der Waals surface area (Å²) < 4.78 is 1.62. The Labute approximate surface area is 124 Å². The second kappa shape index (κ2) is 6.07. The highest BCUT2D eigenvalue weighted by Crippen LogP contribution is 2.24. The number of nitrogens with zero attached hydrogens (tertiary/aromatic N) is 5. The number of nitriles is 2. The zero-order valence-corrected chi connectivity index (χ0v) is 11.4. The predicted octanol–water partition coefficient (Wildman–Crippen LogP) is 2.99.